The average Bonchev–Trinajstić information content (AvgIpc) is 3.21. The molecule has 0 fully saturated rings. The average molecular weight is 479 g/mol. The van der Waals surface area contributed by atoms with Crippen molar-refractivity contribution in [2.24, 2.45) is 0 Å². The van der Waals surface area contributed by atoms with Crippen molar-refractivity contribution in [3.8, 4) is 23.0 Å². The maximum atomic E-state index is 12.3. The van der Waals surface area contributed by atoms with E-state index in [1.165, 1.54) is 6.08 Å². The molecular weight excluding hydrogens is 460 g/mol. The molecule has 0 saturated carbocycles. The molecule has 6 nitrogen and oxygen atoms in total. The predicted octanol–water partition coefficient (Wildman–Crippen LogP) is 5.93. The molecule has 0 aliphatic rings. The molecule has 1 aromatic heterocycles. The first kappa shape index (κ1) is 20.7. The van der Waals surface area contributed by atoms with Crippen LogP contribution >= 0.6 is 15.9 Å². The van der Waals surface area contributed by atoms with Crippen LogP contribution < -0.4 is 14.8 Å². The van der Waals surface area contributed by atoms with Gasteiger partial charge >= 0.3 is 0 Å². The van der Waals surface area contributed by atoms with Crippen LogP contribution in [-0.4, -0.2) is 25.1 Å². The molecule has 1 N–H and O–H groups in total. The van der Waals surface area contributed by atoms with Gasteiger partial charge in [-0.3, -0.25) is 4.79 Å². The summed E-state index contributed by atoms with van der Waals surface area (Å²) in [5.74, 6) is 1.75. The first-order valence-electron chi connectivity index (χ1n) is 9.43. The van der Waals surface area contributed by atoms with Crippen LogP contribution in [0.15, 0.2) is 75.6 Å². The fourth-order valence-electron chi connectivity index (χ4n) is 3.00. The number of anilines is 1. The molecule has 31 heavy (non-hydrogen) atoms. The second-order valence-corrected chi connectivity index (χ2v) is 7.50. The van der Waals surface area contributed by atoms with Crippen molar-refractivity contribution in [2.45, 2.75) is 0 Å². The molecule has 0 radical (unpaired) electrons. The van der Waals surface area contributed by atoms with Gasteiger partial charge < -0.3 is 19.2 Å². The molecule has 1 heterocycles. The zero-order chi connectivity index (χ0) is 21.8. The molecule has 3 aromatic carbocycles. The van der Waals surface area contributed by atoms with Crippen molar-refractivity contribution >= 4 is 44.7 Å². The highest BCUT2D eigenvalue weighted by Crippen LogP contribution is 2.32. The van der Waals surface area contributed by atoms with Crippen molar-refractivity contribution in [1.82, 2.24) is 4.98 Å². The van der Waals surface area contributed by atoms with Crippen molar-refractivity contribution in [2.75, 3.05) is 19.5 Å². The molecule has 0 saturated heterocycles. The number of hydrogen-bond donors (Lipinski definition) is 1. The maximum Gasteiger partial charge on any atom is 0.248 e. The summed E-state index contributed by atoms with van der Waals surface area (Å²) < 4.78 is 17.1. The molecule has 4 aromatic rings. The van der Waals surface area contributed by atoms with Gasteiger partial charge in [0.25, 0.3) is 0 Å². The van der Waals surface area contributed by atoms with Gasteiger partial charge in [-0.05, 0) is 76.1 Å². The number of oxazole rings is 1. The van der Waals surface area contributed by atoms with E-state index in [0.717, 1.165) is 27.1 Å². The number of carbonyl (C=O) groups is 1. The lowest BCUT2D eigenvalue weighted by Crippen LogP contribution is -2.07. The number of aromatic nitrogens is 1. The lowest BCUT2D eigenvalue weighted by Gasteiger charge is -2.03. The van der Waals surface area contributed by atoms with Crippen LogP contribution in [0.4, 0.5) is 5.69 Å². The predicted molar refractivity (Wildman–Crippen MR) is 124 cm³/mol. The van der Waals surface area contributed by atoms with Gasteiger partial charge in [-0.1, -0.05) is 12.1 Å². The van der Waals surface area contributed by atoms with Crippen LogP contribution in [0.3, 0.4) is 0 Å². The first-order valence-corrected chi connectivity index (χ1v) is 10.2. The minimum Gasteiger partial charge on any atom is -0.497 e. The van der Waals surface area contributed by atoms with Crippen molar-refractivity contribution in [3.05, 3.63) is 76.8 Å². The van der Waals surface area contributed by atoms with Crippen LogP contribution in [0.1, 0.15) is 5.56 Å². The second-order valence-electron chi connectivity index (χ2n) is 6.65. The van der Waals surface area contributed by atoms with Gasteiger partial charge in [0.15, 0.2) is 5.58 Å². The Morgan fingerprint density at radius 1 is 1.03 bits per heavy atom. The van der Waals surface area contributed by atoms with Crippen LogP contribution in [0.25, 0.3) is 28.6 Å². The van der Waals surface area contributed by atoms with Gasteiger partial charge in [0.2, 0.25) is 11.8 Å². The third-order valence-corrected chi connectivity index (χ3v) is 5.22. The standard InChI is InChI=1S/C24H19BrN2O4/c1-29-18-8-3-15(4-9-18)5-12-23(28)26-17-7-11-22-20(14-17)27-24(31-22)16-6-10-21(30-2)19(25)13-16/h3-14H,1-2H3,(H,26,28)/b12-5+. The number of hydrogen-bond acceptors (Lipinski definition) is 5. The van der Waals surface area contributed by atoms with E-state index in [0.29, 0.717) is 22.7 Å². The Balaban J connectivity index is 1.49. The largest absolute Gasteiger partial charge is 0.497 e. The number of fused-ring (bicyclic) bond motifs is 1. The Hall–Kier alpha value is -3.58. The normalized spacial score (nSPS) is 11.1. The first-order chi connectivity index (χ1) is 15.1. The van der Waals surface area contributed by atoms with Crippen LogP contribution in [0.2, 0.25) is 0 Å². The van der Waals surface area contributed by atoms with E-state index >= 15 is 0 Å². The van der Waals surface area contributed by atoms with E-state index in [1.807, 2.05) is 42.5 Å². The van der Waals surface area contributed by atoms with Gasteiger partial charge in [-0.15, -0.1) is 0 Å². The zero-order valence-corrected chi connectivity index (χ0v) is 18.5. The van der Waals surface area contributed by atoms with Gasteiger partial charge in [0.1, 0.15) is 17.0 Å². The number of nitrogens with zero attached hydrogens (tertiary/aromatic N) is 1. The monoisotopic (exact) mass is 478 g/mol. The molecule has 156 valence electrons. The molecular formula is C24H19BrN2O4. The SMILES string of the molecule is COc1ccc(/C=C/C(=O)Nc2ccc3oc(-c4ccc(OC)c(Br)c4)nc3c2)cc1. The van der Waals surface area contributed by atoms with E-state index in [9.17, 15) is 4.79 Å². The molecule has 4 rings (SSSR count). The summed E-state index contributed by atoms with van der Waals surface area (Å²) in [6.45, 7) is 0. The lowest BCUT2D eigenvalue weighted by molar-refractivity contribution is -0.111. The fraction of sp³-hybridized carbons (Fsp3) is 0.0833. The molecule has 0 atom stereocenters. The Morgan fingerprint density at radius 2 is 1.84 bits per heavy atom. The number of halogens is 1. The molecule has 0 unspecified atom stereocenters. The summed E-state index contributed by atoms with van der Waals surface area (Å²) in [5, 5.41) is 2.84. The van der Waals surface area contributed by atoms with Gasteiger partial charge in [-0.25, -0.2) is 4.98 Å². The summed E-state index contributed by atoms with van der Waals surface area (Å²) in [6.07, 6.45) is 3.22. The minimum absolute atomic E-state index is 0.238. The molecule has 0 bridgehead atoms. The smallest absolute Gasteiger partial charge is 0.248 e. The molecule has 0 spiro atoms. The maximum absolute atomic E-state index is 12.3. The van der Waals surface area contributed by atoms with E-state index in [1.54, 1.807) is 38.5 Å². The number of ether oxygens (including phenoxy) is 2. The molecule has 0 aliphatic heterocycles. The Labute approximate surface area is 187 Å². The Kier molecular flexibility index (Phi) is 6.04. The molecule has 0 aliphatic carbocycles. The van der Waals surface area contributed by atoms with Gasteiger partial charge in [-0.2, -0.15) is 0 Å². The summed E-state index contributed by atoms with van der Waals surface area (Å²) in [4.78, 5) is 16.8. The number of amides is 1. The third kappa shape index (κ3) is 4.78. The van der Waals surface area contributed by atoms with Crippen LogP contribution in [0, 0.1) is 0 Å². The number of rotatable bonds is 6. The van der Waals surface area contributed by atoms with E-state index in [4.69, 9.17) is 13.9 Å². The molecule has 7 heteroatoms. The highest BCUT2D eigenvalue weighted by atomic mass is 79.9. The summed E-state index contributed by atoms with van der Waals surface area (Å²) in [6, 6.07) is 18.4. The fourth-order valence-corrected chi connectivity index (χ4v) is 3.54. The van der Waals surface area contributed by atoms with Crippen LogP contribution in [0.5, 0.6) is 11.5 Å². The van der Waals surface area contributed by atoms with Crippen LogP contribution in [-0.2, 0) is 4.79 Å². The van der Waals surface area contributed by atoms with E-state index < -0.39 is 0 Å². The van der Waals surface area contributed by atoms with Crippen molar-refractivity contribution < 1.29 is 18.7 Å². The topological polar surface area (TPSA) is 73.6 Å². The quantitative estimate of drug-likeness (QED) is 0.347. The highest BCUT2D eigenvalue weighted by molar-refractivity contribution is 9.10. The van der Waals surface area contributed by atoms with Gasteiger partial charge in [0, 0.05) is 17.3 Å². The Morgan fingerprint density at radius 3 is 2.55 bits per heavy atom. The number of nitrogens with one attached hydrogen (secondary N) is 1. The summed E-state index contributed by atoms with van der Waals surface area (Å²) in [5.41, 5.74) is 3.63. The summed E-state index contributed by atoms with van der Waals surface area (Å²) >= 11 is 3.47. The number of benzene rings is 3. The number of methoxy groups -OCH3 is 2. The van der Waals surface area contributed by atoms with Gasteiger partial charge in [0.05, 0.1) is 18.7 Å². The van der Waals surface area contributed by atoms with E-state index in [2.05, 4.69) is 26.2 Å². The summed E-state index contributed by atoms with van der Waals surface area (Å²) in [7, 11) is 3.23. The lowest BCUT2D eigenvalue weighted by atomic mass is 10.2. The van der Waals surface area contributed by atoms with Crippen molar-refractivity contribution in [3.63, 3.8) is 0 Å². The van der Waals surface area contributed by atoms with E-state index in [-0.39, 0.29) is 5.91 Å². The van der Waals surface area contributed by atoms with Crippen molar-refractivity contribution in [1.29, 1.82) is 0 Å². The number of carbonyl (C=O) groups excluding carboxylic acids is 1. The third-order valence-electron chi connectivity index (χ3n) is 4.60. The zero-order valence-electron chi connectivity index (χ0n) is 16.9. The minimum atomic E-state index is -0.238. The highest BCUT2D eigenvalue weighted by Gasteiger charge is 2.11. The molecule has 1 amide bonds. The Bertz CT molecular complexity index is 1260. The second kappa shape index (κ2) is 9.06.